The molecule has 4 rings (SSSR count). The summed E-state index contributed by atoms with van der Waals surface area (Å²) in [6.45, 7) is 0. The van der Waals surface area contributed by atoms with Gasteiger partial charge in [-0.15, -0.1) is 0 Å². The fourth-order valence-electron chi connectivity index (χ4n) is 3.61. The smallest absolute Gasteiger partial charge is 0.194 e. The van der Waals surface area contributed by atoms with Gasteiger partial charge in [0.15, 0.2) is 5.11 Å². The maximum atomic E-state index is 5.76. The first-order chi connectivity index (χ1) is 15.0. The third-order valence-electron chi connectivity index (χ3n) is 5.36. The van der Waals surface area contributed by atoms with Crippen LogP contribution < -0.4 is 15.0 Å². The van der Waals surface area contributed by atoms with Crippen molar-refractivity contribution >= 4 is 34.4 Å². The lowest BCUT2D eigenvalue weighted by Gasteiger charge is -2.25. The average molecular weight is 431 g/mol. The van der Waals surface area contributed by atoms with Gasteiger partial charge in [0, 0.05) is 31.9 Å². The Kier molecular flexibility index (Phi) is 6.18. The zero-order chi connectivity index (χ0) is 21.8. The number of benzene rings is 3. The second-order valence-corrected chi connectivity index (χ2v) is 8.01. The minimum Gasteiger partial charge on any atom is -0.497 e. The van der Waals surface area contributed by atoms with E-state index >= 15 is 0 Å². The molecular formula is C25H26N4OS. The number of nitrogens with zero attached hydrogens (tertiary/aromatic N) is 3. The predicted octanol–water partition coefficient (Wildman–Crippen LogP) is 5.31. The van der Waals surface area contributed by atoms with Gasteiger partial charge in [-0.25, -0.2) is 5.01 Å². The molecule has 5 nitrogen and oxygen atoms in total. The van der Waals surface area contributed by atoms with Crippen molar-refractivity contribution in [2.75, 3.05) is 31.4 Å². The van der Waals surface area contributed by atoms with Gasteiger partial charge in [0.05, 0.1) is 18.9 Å². The second kappa shape index (κ2) is 9.18. The van der Waals surface area contributed by atoms with E-state index in [1.807, 2.05) is 61.6 Å². The number of anilines is 2. The van der Waals surface area contributed by atoms with Crippen molar-refractivity contribution in [2.45, 2.75) is 12.5 Å². The van der Waals surface area contributed by atoms with Gasteiger partial charge >= 0.3 is 0 Å². The highest BCUT2D eigenvalue weighted by atomic mass is 32.1. The van der Waals surface area contributed by atoms with Crippen LogP contribution in [0.1, 0.15) is 23.6 Å². The van der Waals surface area contributed by atoms with Crippen LogP contribution in [0.3, 0.4) is 0 Å². The fourth-order valence-corrected chi connectivity index (χ4v) is 3.90. The van der Waals surface area contributed by atoms with Crippen LogP contribution in [0, 0.1) is 0 Å². The summed E-state index contributed by atoms with van der Waals surface area (Å²) in [5, 5.41) is 10.7. The van der Waals surface area contributed by atoms with Gasteiger partial charge in [0.2, 0.25) is 0 Å². The molecule has 6 heteroatoms. The number of methoxy groups -OCH3 is 1. The number of ether oxygens (including phenoxy) is 1. The SMILES string of the molecule is COc1ccc(C2CC(c3ccc(N(C)C)cc3)=NN2C(=S)Nc2ccccc2)cc1. The third kappa shape index (κ3) is 4.70. The molecule has 3 aromatic rings. The Morgan fingerprint density at radius 2 is 1.68 bits per heavy atom. The maximum absolute atomic E-state index is 5.76. The normalized spacial score (nSPS) is 15.4. The molecule has 0 saturated carbocycles. The van der Waals surface area contributed by atoms with Gasteiger partial charge in [0.25, 0.3) is 0 Å². The van der Waals surface area contributed by atoms with Gasteiger partial charge in [0.1, 0.15) is 5.75 Å². The zero-order valence-corrected chi connectivity index (χ0v) is 18.8. The largest absolute Gasteiger partial charge is 0.497 e. The first kappa shape index (κ1) is 20.9. The van der Waals surface area contributed by atoms with Gasteiger partial charge < -0.3 is 15.0 Å². The molecule has 31 heavy (non-hydrogen) atoms. The van der Waals surface area contributed by atoms with E-state index in [0.717, 1.165) is 40.4 Å². The number of hydrazone groups is 1. The van der Waals surface area contributed by atoms with Crippen LogP contribution in [-0.4, -0.2) is 37.0 Å². The van der Waals surface area contributed by atoms with E-state index in [2.05, 4.69) is 46.6 Å². The Hall–Kier alpha value is -3.38. The molecule has 158 valence electrons. The summed E-state index contributed by atoms with van der Waals surface area (Å²) in [5.41, 5.74) is 5.37. The quantitative estimate of drug-likeness (QED) is 0.556. The van der Waals surface area contributed by atoms with Crippen molar-refractivity contribution in [1.29, 1.82) is 0 Å². The molecule has 1 atom stereocenters. The molecule has 0 bridgehead atoms. The topological polar surface area (TPSA) is 40.1 Å². The number of rotatable bonds is 5. The van der Waals surface area contributed by atoms with E-state index in [1.54, 1.807) is 7.11 Å². The number of hydrogen-bond acceptors (Lipinski definition) is 4. The monoisotopic (exact) mass is 430 g/mol. The van der Waals surface area contributed by atoms with Crippen molar-refractivity contribution in [3.05, 3.63) is 90.0 Å². The lowest BCUT2D eigenvalue weighted by Crippen LogP contribution is -2.31. The first-order valence-corrected chi connectivity index (χ1v) is 10.6. The van der Waals surface area contributed by atoms with E-state index in [4.69, 9.17) is 22.1 Å². The molecule has 1 N–H and O–H groups in total. The summed E-state index contributed by atoms with van der Waals surface area (Å²) in [5.74, 6) is 0.832. The highest BCUT2D eigenvalue weighted by molar-refractivity contribution is 7.80. The Labute approximate surface area is 189 Å². The molecule has 0 spiro atoms. The Morgan fingerprint density at radius 3 is 2.29 bits per heavy atom. The van der Waals surface area contributed by atoms with Crippen molar-refractivity contribution < 1.29 is 4.74 Å². The van der Waals surface area contributed by atoms with Crippen LogP contribution in [0.4, 0.5) is 11.4 Å². The van der Waals surface area contributed by atoms with E-state index in [1.165, 1.54) is 0 Å². The fraction of sp³-hybridized carbons (Fsp3) is 0.200. The van der Waals surface area contributed by atoms with E-state index < -0.39 is 0 Å². The molecule has 0 fully saturated rings. The standard InChI is InChI=1S/C25H26N4OS/c1-28(2)21-13-9-18(10-14-21)23-17-24(19-11-15-22(30-3)16-12-19)29(27-23)25(31)26-20-7-5-4-6-8-20/h4-16,24H,17H2,1-3H3,(H,26,31). The van der Waals surface area contributed by atoms with Crippen LogP contribution in [0.25, 0.3) is 0 Å². The van der Waals surface area contributed by atoms with Gasteiger partial charge in [-0.1, -0.05) is 42.5 Å². The summed E-state index contributed by atoms with van der Waals surface area (Å²) in [6.07, 6.45) is 0.768. The lowest BCUT2D eigenvalue weighted by atomic mass is 9.98. The molecule has 0 radical (unpaired) electrons. The van der Waals surface area contributed by atoms with Crippen LogP contribution >= 0.6 is 12.2 Å². The molecule has 1 aliphatic heterocycles. The molecule has 1 aliphatic rings. The molecule has 0 aliphatic carbocycles. The van der Waals surface area contributed by atoms with Crippen molar-refractivity contribution in [3.8, 4) is 5.75 Å². The van der Waals surface area contributed by atoms with Crippen LogP contribution in [0.15, 0.2) is 84.0 Å². The predicted molar refractivity (Wildman–Crippen MR) is 132 cm³/mol. The van der Waals surface area contributed by atoms with E-state index in [9.17, 15) is 0 Å². The molecule has 1 heterocycles. The second-order valence-electron chi connectivity index (χ2n) is 7.62. The minimum absolute atomic E-state index is 0.0122. The van der Waals surface area contributed by atoms with Crippen molar-refractivity contribution in [3.63, 3.8) is 0 Å². The molecule has 0 aromatic heterocycles. The Balaban J connectivity index is 1.63. The van der Waals surface area contributed by atoms with Crippen molar-refractivity contribution in [2.24, 2.45) is 5.10 Å². The summed E-state index contributed by atoms with van der Waals surface area (Å²) >= 11 is 5.76. The number of hydrogen-bond donors (Lipinski definition) is 1. The average Bonchev–Trinajstić information content (AvgIpc) is 3.25. The van der Waals surface area contributed by atoms with Gasteiger partial charge in [-0.05, 0) is 59.7 Å². The van der Waals surface area contributed by atoms with E-state index in [0.29, 0.717) is 5.11 Å². The molecule has 0 amide bonds. The van der Waals surface area contributed by atoms with Crippen LogP contribution in [0.2, 0.25) is 0 Å². The van der Waals surface area contributed by atoms with Gasteiger partial charge in [-0.3, -0.25) is 0 Å². The van der Waals surface area contributed by atoms with Crippen LogP contribution in [0.5, 0.6) is 5.75 Å². The van der Waals surface area contributed by atoms with Crippen molar-refractivity contribution in [1.82, 2.24) is 5.01 Å². The van der Waals surface area contributed by atoms with Crippen LogP contribution in [-0.2, 0) is 0 Å². The zero-order valence-electron chi connectivity index (χ0n) is 17.9. The first-order valence-electron chi connectivity index (χ1n) is 10.2. The van der Waals surface area contributed by atoms with E-state index in [-0.39, 0.29) is 6.04 Å². The number of para-hydroxylation sites is 1. The highest BCUT2D eigenvalue weighted by Gasteiger charge is 2.31. The number of nitrogens with one attached hydrogen (secondary N) is 1. The molecule has 1 unspecified atom stereocenters. The minimum atomic E-state index is 0.0122. The Morgan fingerprint density at radius 1 is 1.00 bits per heavy atom. The highest BCUT2D eigenvalue weighted by Crippen LogP contribution is 2.34. The maximum Gasteiger partial charge on any atom is 0.194 e. The Bertz CT molecular complexity index is 1060. The summed E-state index contributed by atoms with van der Waals surface area (Å²) < 4.78 is 5.32. The molecular weight excluding hydrogens is 404 g/mol. The lowest BCUT2D eigenvalue weighted by molar-refractivity contribution is 0.374. The van der Waals surface area contributed by atoms with Gasteiger partial charge in [-0.2, -0.15) is 5.10 Å². The molecule has 3 aromatic carbocycles. The number of thiocarbonyl (C=S) groups is 1. The summed E-state index contributed by atoms with van der Waals surface area (Å²) in [4.78, 5) is 2.09. The summed E-state index contributed by atoms with van der Waals surface area (Å²) in [7, 11) is 5.75. The third-order valence-corrected chi connectivity index (χ3v) is 5.65. The summed E-state index contributed by atoms with van der Waals surface area (Å²) in [6, 6.07) is 26.5. The molecule has 0 saturated heterocycles.